The Balaban J connectivity index is 4.57. The van der Waals surface area contributed by atoms with Gasteiger partial charge in [0.25, 0.3) is 6.29 Å². The second-order valence-corrected chi connectivity index (χ2v) is 4.18. The van der Waals surface area contributed by atoms with Gasteiger partial charge in [0, 0.05) is 19.4 Å². The van der Waals surface area contributed by atoms with Crippen molar-refractivity contribution in [2.24, 2.45) is 0 Å². The summed E-state index contributed by atoms with van der Waals surface area (Å²) >= 11 is 0. The molecule has 0 aliphatic rings. The minimum atomic E-state index is -0.869. The van der Waals surface area contributed by atoms with Crippen molar-refractivity contribution in [3.8, 4) is 0 Å². The highest BCUT2D eigenvalue weighted by atomic mass is 16.7. The molecule has 0 heterocycles. The molecule has 0 aliphatic carbocycles. The molecular weight excluding hydrogens is 232 g/mol. The smallest absolute Gasteiger partial charge is 0.305 e. The topological polar surface area (TPSA) is 52.6 Å². The number of esters is 2. The van der Waals surface area contributed by atoms with Crippen molar-refractivity contribution in [1.29, 1.82) is 0 Å². The fraction of sp³-hybridized carbons (Fsp3) is 0.714. The molecule has 0 radical (unpaired) electrons. The predicted molar refractivity (Wildman–Crippen MR) is 69.8 cm³/mol. The van der Waals surface area contributed by atoms with Crippen LogP contribution in [0.15, 0.2) is 11.6 Å². The second-order valence-electron chi connectivity index (χ2n) is 4.18. The van der Waals surface area contributed by atoms with Crippen molar-refractivity contribution < 1.29 is 19.1 Å². The van der Waals surface area contributed by atoms with E-state index in [-0.39, 0.29) is 0 Å². The van der Waals surface area contributed by atoms with E-state index in [2.05, 4.69) is 6.92 Å². The molecular formula is C14H24O4. The predicted octanol–water partition coefficient (Wildman–Crippen LogP) is 3.36. The summed E-state index contributed by atoms with van der Waals surface area (Å²) in [5.74, 6) is -0.900. The first-order valence-electron chi connectivity index (χ1n) is 6.54. The number of rotatable bonds is 8. The van der Waals surface area contributed by atoms with Gasteiger partial charge in [-0.1, -0.05) is 32.8 Å². The average molecular weight is 256 g/mol. The van der Waals surface area contributed by atoms with Gasteiger partial charge in [-0.15, -0.1) is 0 Å². The Morgan fingerprint density at radius 3 is 2.00 bits per heavy atom. The first-order chi connectivity index (χ1) is 8.51. The molecule has 0 spiro atoms. The highest BCUT2D eigenvalue weighted by molar-refractivity contribution is 5.68. The van der Waals surface area contributed by atoms with Crippen LogP contribution in [0.5, 0.6) is 0 Å². The van der Waals surface area contributed by atoms with Crippen LogP contribution in [-0.4, -0.2) is 18.2 Å². The quantitative estimate of drug-likeness (QED) is 0.289. The van der Waals surface area contributed by atoms with E-state index in [1.54, 1.807) is 0 Å². The molecule has 0 unspecified atom stereocenters. The Hall–Kier alpha value is -1.32. The van der Waals surface area contributed by atoms with Gasteiger partial charge in [-0.25, -0.2) is 0 Å². The largest absolute Gasteiger partial charge is 0.421 e. The highest BCUT2D eigenvalue weighted by Crippen LogP contribution is 2.15. The molecule has 4 heteroatoms. The van der Waals surface area contributed by atoms with Gasteiger partial charge in [0.05, 0.1) is 0 Å². The lowest BCUT2D eigenvalue weighted by Gasteiger charge is -2.19. The first-order valence-corrected chi connectivity index (χ1v) is 6.54. The Bertz CT molecular complexity index is 278. The van der Waals surface area contributed by atoms with E-state index in [4.69, 9.17) is 9.47 Å². The number of unbranched alkanes of at least 4 members (excludes halogenated alkanes) is 3. The summed E-state index contributed by atoms with van der Waals surface area (Å²) in [6.07, 6.45) is 6.16. The molecule has 18 heavy (non-hydrogen) atoms. The van der Waals surface area contributed by atoms with E-state index >= 15 is 0 Å². The van der Waals surface area contributed by atoms with Crippen LogP contribution < -0.4 is 0 Å². The normalized spacial score (nSPS) is 11.5. The molecule has 0 amide bonds. The maximum absolute atomic E-state index is 11.0. The zero-order valence-electron chi connectivity index (χ0n) is 11.8. The Morgan fingerprint density at radius 1 is 1.06 bits per heavy atom. The van der Waals surface area contributed by atoms with Gasteiger partial charge in [-0.3, -0.25) is 9.59 Å². The minimum absolute atomic E-state index is 0.450. The summed E-state index contributed by atoms with van der Waals surface area (Å²) in [4.78, 5) is 22.0. The Kier molecular flexibility index (Phi) is 8.97. The summed E-state index contributed by atoms with van der Waals surface area (Å²) in [5.41, 5.74) is 0.844. The first kappa shape index (κ1) is 16.7. The molecule has 0 saturated heterocycles. The SMILES string of the molecule is CCCCCC=C(CC)C(OC(C)=O)OC(C)=O. The summed E-state index contributed by atoms with van der Waals surface area (Å²) in [7, 11) is 0. The van der Waals surface area contributed by atoms with Crippen molar-refractivity contribution in [1.82, 2.24) is 0 Å². The van der Waals surface area contributed by atoms with Crippen LogP contribution in [0, 0.1) is 0 Å². The maximum Gasteiger partial charge on any atom is 0.305 e. The molecule has 0 N–H and O–H groups in total. The lowest BCUT2D eigenvalue weighted by atomic mass is 10.1. The molecule has 4 nitrogen and oxygen atoms in total. The number of carbonyl (C=O) groups excluding carboxylic acids is 2. The molecule has 0 rings (SSSR count). The number of ether oxygens (including phenoxy) is 2. The van der Waals surface area contributed by atoms with Crippen LogP contribution in [0.1, 0.15) is 59.8 Å². The van der Waals surface area contributed by atoms with E-state index in [1.165, 1.54) is 20.3 Å². The molecule has 0 aromatic rings. The fourth-order valence-electron chi connectivity index (χ4n) is 1.57. The van der Waals surface area contributed by atoms with E-state index in [0.717, 1.165) is 24.8 Å². The zero-order chi connectivity index (χ0) is 14.0. The monoisotopic (exact) mass is 256 g/mol. The average Bonchev–Trinajstić information content (AvgIpc) is 2.27. The third kappa shape index (κ3) is 7.87. The Morgan fingerprint density at radius 2 is 1.61 bits per heavy atom. The molecule has 104 valence electrons. The van der Waals surface area contributed by atoms with Crippen LogP contribution >= 0.6 is 0 Å². The van der Waals surface area contributed by atoms with Crippen molar-refractivity contribution >= 4 is 11.9 Å². The fourth-order valence-corrected chi connectivity index (χ4v) is 1.57. The summed E-state index contributed by atoms with van der Waals surface area (Å²) in [6, 6.07) is 0. The lowest BCUT2D eigenvalue weighted by molar-refractivity contribution is -0.178. The van der Waals surface area contributed by atoms with Crippen molar-refractivity contribution in [3.63, 3.8) is 0 Å². The highest BCUT2D eigenvalue weighted by Gasteiger charge is 2.18. The maximum atomic E-state index is 11.0. The van der Waals surface area contributed by atoms with Crippen LogP contribution in [-0.2, 0) is 19.1 Å². The number of hydrogen-bond acceptors (Lipinski definition) is 4. The van der Waals surface area contributed by atoms with E-state index in [9.17, 15) is 9.59 Å². The number of hydrogen-bond donors (Lipinski definition) is 0. The number of carbonyl (C=O) groups is 2. The molecule has 0 bridgehead atoms. The van der Waals surface area contributed by atoms with Gasteiger partial charge in [0.15, 0.2) is 0 Å². The van der Waals surface area contributed by atoms with Gasteiger partial charge in [0.1, 0.15) is 0 Å². The van der Waals surface area contributed by atoms with Gasteiger partial charge in [0.2, 0.25) is 0 Å². The van der Waals surface area contributed by atoms with E-state index < -0.39 is 18.2 Å². The van der Waals surface area contributed by atoms with Crippen LogP contribution in [0.2, 0.25) is 0 Å². The summed E-state index contributed by atoms with van der Waals surface area (Å²) in [6.45, 7) is 6.71. The molecule has 0 fully saturated rings. The van der Waals surface area contributed by atoms with Crippen LogP contribution in [0.25, 0.3) is 0 Å². The van der Waals surface area contributed by atoms with Crippen LogP contribution in [0.3, 0.4) is 0 Å². The Labute approximate surface area is 109 Å². The second kappa shape index (κ2) is 9.68. The van der Waals surface area contributed by atoms with Crippen molar-refractivity contribution in [2.75, 3.05) is 0 Å². The zero-order valence-corrected chi connectivity index (χ0v) is 11.8. The number of allylic oxidation sites excluding steroid dienone is 1. The summed E-state index contributed by atoms with van der Waals surface area (Å²) in [5, 5.41) is 0. The standard InChI is InChI=1S/C14H24O4/c1-5-7-8-9-10-13(6-2)14(17-11(3)15)18-12(4)16/h10,14H,5-9H2,1-4H3. The molecule has 0 aromatic carbocycles. The van der Waals surface area contributed by atoms with Crippen molar-refractivity contribution in [2.45, 2.75) is 66.1 Å². The molecule has 0 atom stereocenters. The minimum Gasteiger partial charge on any atom is -0.421 e. The molecule has 0 aromatic heterocycles. The third-order valence-electron chi connectivity index (χ3n) is 2.47. The van der Waals surface area contributed by atoms with Gasteiger partial charge >= 0.3 is 11.9 Å². The van der Waals surface area contributed by atoms with Gasteiger partial charge in [-0.2, -0.15) is 0 Å². The molecule has 0 saturated carbocycles. The van der Waals surface area contributed by atoms with Gasteiger partial charge in [-0.05, 0) is 19.3 Å². The summed E-state index contributed by atoms with van der Waals surface area (Å²) < 4.78 is 10.0. The molecule has 0 aliphatic heterocycles. The van der Waals surface area contributed by atoms with Crippen molar-refractivity contribution in [3.05, 3.63) is 11.6 Å². The lowest BCUT2D eigenvalue weighted by Crippen LogP contribution is -2.24. The van der Waals surface area contributed by atoms with E-state index in [0.29, 0.717) is 6.42 Å². The van der Waals surface area contributed by atoms with Gasteiger partial charge < -0.3 is 9.47 Å². The van der Waals surface area contributed by atoms with Crippen LogP contribution in [0.4, 0.5) is 0 Å². The van der Waals surface area contributed by atoms with E-state index in [1.807, 2.05) is 13.0 Å². The third-order valence-corrected chi connectivity index (χ3v) is 2.47.